The second-order valence-electron chi connectivity index (χ2n) is 11.8. The number of aliphatic hydroxyl groups is 1. The van der Waals surface area contributed by atoms with Gasteiger partial charge in [0.05, 0.1) is 38.3 Å². The maximum atomic E-state index is 13.0. The van der Waals surface area contributed by atoms with Crippen molar-refractivity contribution in [2.75, 3.05) is 7.11 Å². The smallest absolute Gasteiger partial charge is 0.309 e. The molecule has 4 unspecified atom stereocenters. The average Bonchev–Trinajstić information content (AvgIpc) is 3.30. The molecule has 7 nitrogen and oxygen atoms in total. The third-order valence-electron chi connectivity index (χ3n) is 10.2. The van der Waals surface area contributed by atoms with Crippen LogP contribution in [0.4, 0.5) is 0 Å². The molecule has 0 amide bonds. The van der Waals surface area contributed by atoms with Gasteiger partial charge < -0.3 is 23.7 Å². The van der Waals surface area contributed by atoms with E-state index in [0.29, 0.717) is 6.42 Å². The van der Waals surface area contributed by atoms with E-state index in [-0.39, 0.29) is 42.7 Å². The number of hydrogen-bond acceptors (Lipinski definition) is 7. The number of methoxy groups -OCH3 is 1. The van der Waals surface area contributed by atoms with Crippen LogP contribution in [0, 0.1) is 28.1 Å². The molecule has 1 N–H and O–H groups in total. The Bertz CT molecular complexity index is 1010. The minimum Gasteiger partial charge on any atom is -0.472 e. The lowest BCUT2D eigenvalue weighted by Gasteiger charge is -2.71. The molecule has 186 valence electrons. The summed E-state index contributed by atoms with van der Waals surface area (Å²) in [4.78, 5) is 25.5. The van der Waals surface area contributed by atoms with Gasteiger partial charge in [0.15, 0.2) is 0 Å². The van der Waals surface area contributed by atoms with Crippen LogP contribution in [0.15, 0.2) is 35.2 Å². The van der Waals surface area contributed by atoms with Crippen LogP contribution >= 0.6 is 0 Å². The van der Waals surface area contributed by atoms with Crippen LogP contribution in [0.3, 0.4) is 0 Å². The van der Waals surface area contributed by atoms with Crippen LogP contribution in [0.5, 0.6) is 0 Å². The highest BCUT2D eigenvalue weighted by Gasteiger charge is 2.73. The van der Waals surface area contributed by atoms with Gasteiger partial charge in [0.25, 0.3) is 0 Å². The number of ether oxygens (including phenoxy) is 3. The predicted molar refractivity (Wildman–Crippen MR) is 122 cm³/mol. The van der Waals surface area contributed by atoms with Crippen LogP contribution in [0.2, 0.25) is 0 Å². The zero-order valence-corrected chi connectivity index (χ0v) is 20.8. The van der Waals surface area contributed by atoms with E-state index in [1.165, 1.54) is 7.11 Å². The topological polar surface area (TPSA) is 95.2 Å². The number of rotatable bonds is 3. The minimum atomic E-state index is -0.908. The van der Waals surface area contributed by atoms with Gasteiger partial charge in [-0.3, -0.25) is 9.59 Å². The number of fused-ring (bicyclic) bond motifs is 3. The predicted octanol–water partition coefficient (Wildman–Crippen LogP) is 4.35. The van der Waals surface area contributed by atoms with Crippen molar-refractivity contribution in [3.63, 3.8) is 0 Å². The zero-order valence-electron chi connectivity index (χ0n) is 20.8. The number of aliphatic hydroxyl groups excluding tert-OH is 1. The molecule has 1 spiro atoms. The monoisotopic (exact) mass is 472 g/mol. The van der Waals surface area contributed by atoms with Gasteiger partial charge in [0.2, 0.25) is 0 Å². The van der Waals surface area contributed by atoms with Gasteiger partial charge in [0.1, 0.15) is 11.7 Å². The number of cyclic esters (lactones) is 1. The summed E-state index contributed by atoms with van der Waals surface area (Å²) in [6.07, 6.45) is 4.06. The first kappa shape index (κ1) is 23.6. The van der Waals surface area contributed by atoms with E-state index in [9.17, 15) is 14.7 Å². The Balaban J connectivity index is 1.62. The Labute approximate surface area is 200 Å². The molecule has 2 aliphatic heterocycles. The molecule has 2 bridgehead atoms. The number of esters is 2. The summed E-state index contributed by atoms with van der Waals surface area (Å²) >= 11 is 0. The molecule has 8 atom stereocenters. The third kappa shape index (κ3) is 2.83. The summed E-state index contributed by atoms with van der Waals surface area (Å²) in [7, 11) is 1.40. The highest BCUT2D eigenvalue weighted by atomic mass is 16.6. The Morgan fingerprint density at radius 2 is 2.03 bits per heavy atom. The summed E-state index contributed by atoms with van der Waals surface area (Å²) in [5, 5.41) is 11.2. The average molecular weight is 473 g/mol. The molecule has 2 saturated carbocycles. The molecule has 2 saturated heterocycles. The van der Waals surface area contributed by atoms with Crippen LogP contribution in [0.1, 0.15) is 71.5 Å². The van der Waals surface area contributed by atoms with Crippen molar-refractivity contribution in [3.8, 4) is 0 Å². The van der Waals surface area contributed by atoms with Gasteiger partial charge in [-0.1, -0.05) is 34.3 Å². The largest absolute Gasteiger partial charge is 0.472 e. The highest BCUT2D eigenvalue weighted by molar-refractivity contribution is 5.74. The van der Waals surface area contributed by atoms with E-state index < -0.39 is 34.1 Å². The number of furan rings is 1. The van der Waals surface area contributed by atoms with Crippen molar-refractivity contribution in [3.05, 3.63) is 36.3 Å². The maximum absolute atomic E-state index is 13.0. The molecule has 7 heteroatoms. The fraction of sp³-hybridized carbons (Fsp3) is 0.704. The van der Waals surface area contributed by atoms with E-state index in [0.717, 1.165) is 24.0 Å². The van der Waals surface area contributed by atoms with E-state index in [1.54, 1.807) is 12.5 Å². The second kappa shape index (κ2) is 7.44. The first-order valence-corrected chi connectivity index (χ1v) is 12.3. The first-order chi connectivity index (χ1) is 15.9. The fourth-order valence-corrected chi connectivity index (χ4v) is 8.07. The van der Waals surface area contributed by atoms with Crippen LogP contribution < -0.4 is 0 Å². The van der Waals surface area contributed by atoms with Crippen LogP contribution in [-0.4, -0.2) is 42.0 Å². The van der Waals surface area contributed by atoms with Gasteiger partial charge in [-0.05, 0) is 41.7 Å². The van der Waals surface area contributed by atoms with Crippen molar-refractivity contribution in [1.82, 2.24) is 0 Å². The van der Waals surface area contributed by atoms with E-state index in [1.807, 2.05) is 19.9 Å². The molecular formula is C27H36O7. The Morgan fingerprint density at radius 3 is 2.68 bits per heavy atom. The first-order valence-electron chi connectivity index (χ1n) is 12.3. The molecular weight excluding hydrogens is 436 g/mol. The normalized spacial score (nSPS) is 45.1. The SMILES string of the molecule is C=C1C2CC[C@]3(C)[C@@H](c4ccoc4)OC(=O)CC13O[C@H]1CC(O)C(C)(C)C(CC(=O)OC)[C@@]21C. The quantitative estimate of drug-likeness (QED) is 0.516. The Hall–Kier alpha value is -2.12. The van der Waals surface area contributed by atoms with E-state index >= 15 is 0 Å². The molecule has 0 radical (unpaired) electrons. The molecule has 34 heavy (non-hydrogen) atoms. The Kier molecular flexibility index (Phi) is 5.17. The minimum absolute atomic E-state index is 0.0386. The lowest BCUT2D eigenvalue weighted by Crippen LogP contribution is -2.73. The molecule has 4 fully saturated rings. The molecule has 4 aliphatic rings. The van der Waals surface area contributed by atoms with E-state index in [4.69, 9.17) is 18.6 Å². The molecule has 0 aromatic carbocycles. The van der Waals surface area contributed by atoms with Crippen LogP contribution in [0.25, 0.3) is 0 Å². The van der Waals surface area contributed by atoms with E-state index in [2.05, 4.69) is 20.4 Å². The number of carbonyl (C=O) groups excluding carboxylic acids is 2. The van der Waals surface area contributed by atoms with Crippen molar-refractivity contribution < 1.29 is 33.3 Å². The molecule has 1 aromatic rings. The zero-order chi connectivity index (χ0) is 24.7. The standard InChI is InChI=1S/C27H36O7/c1-15-17-7-9-25(4)23(16-8-10-32-14-16)33-22(30)13-27(15,25)34-20-12-19(28)24(2,3)18(26(17,20)5)11-21(29)31-6/h8,10,14,17-20,23,28H,1,7,9,11-13H2,2-6H3/t17?,18?,19?,20-,23+,25+,26+,27?/m0/s1. The van der Waals surface area contributed by atoms with Crippen molar-refractivity contribution in [2.24, 2.45) is 28.1 Å². The van der Waals surface area contributed by atoms with Crippen LogP contribution in [-0.2, 0) is 23.8 Å². The van der Waals surface area contributed by atoms with Crippen molar-refractivity contribution in [2.45, 2.75) is 83.7 Å². The van der Waals surface area contributed by atoms with Gasteiger partial charge in [0, 0.05) is 29.2 Å². The van der Waals surface area contributed by atoms with Crippen molar-refractivity contribution in [1.29, 1.82) is 0 Å². The van der Waals surface area contributed by atoms with Gasteiger partial charge in [-0.15, -0.1) is 0 Å². The molecule has 3 heterocycles. The highest BCUT2D eigenvalue weighted by Crippen LogP contribution is 2.72. The summed E-state index contributed by atoms with van der Waals surface area (Å²) in [6, 6.07) is 1.84. The summed E-state index contributed by atoms with van der Waals surface area (Å²) in [6.45, 7) is 12.9. The summed E-state index contributed by atoms with van der Waals surface area (Å²) in [5.41, 5.74) is -0.672. The van der Waals surface area contributed by atoms with Crippen molar-refractivity contribution >= 4 is 11.9 Å². The summed E-state index contributed by atoms with van der Waals surface area (Å²) < 4.78 is 23.3. The second-order valence-corrected chi connectivity index (χ2v) is 11.8. The van der Waals surface area contributed by atoms with Gasteiger partial charge >= 0.3 is 11.9 Å². The van der Waals surface area contributed by atoms with Gasteiger partial charge in [-0.25, -0.2) is 0 Å². The summed E-state index contributed by atoms with van der Waals surface area (Å²) in [5.74, 6) is -0.752. The Morgan fingerprint density at radius 1 is 1.29 bits per heavy atom. The maximum Gasteiger partial charge on any atom is 0.309 e. The lowest BCUT2D eigenvalue weighted by atomic mass is 9.41. The molecule has 1 aromatic heterocycles. The third-order valence-corrected chi connectivity index (χ3v) is 10.2. The fourth-order valence-electron chi connectivity index (χ4n) is 8.07. The molecule has 5 rings (SSSR count). The van der Waals surface area contributed by atoms with Gasteiger partial charge in [-0.2, -0.15) is 0 Å². The lowest BCUT2D eigenvalue weighted by molar-refractivity contribution is -0.314. The number of carbonyl (C=O) groups is 2. The molecule has 2 aliphatic carbocycles. The number of hydrogen-bond donors (Lipinski definition) is 1.